The van der Waals surface area contributed by atoms with Crippen LogP contribution in [0.15, 0.2) is 60.7 Å². The molecule has 10 heteroatoms. The third kappa shape index (κ3) is 8.61. The van der Waals surface area contributed by atoms with Crippen LogP contribution in [-0.4, -0.2) is 30.6 Å². The van der Waals surface area contributed by atoms with Crippen molar-refractivity contribution >= 4 is 5.97 Å². The molecule has 0 saturated carbocycles. The number of benzene rings is 3. The summed E-state index contributed by atoms with van der Waals surface area (Å²) < 4.78 is 99.0. The molecule has 1 aliphatic rings. The number of hydrogen-bond donors (Lipinski definition) is 0. The van der Waals surface area contributed by atoms with Gasteiger partial charge in [0.1, 0.15) is 5.82 Å². The van der Waals surface area contributed by atoms with Crippen LogP contribution < -0.4 is 0 Å². The van der Waals surface area contributed by atoms with Crippen LogP contribution in [0.4, 0.5) is 30.7 Å². The van der Waals surface area contributed by atoms with Crippen molar-refractivity contribution in [2.24, 2.45) is 5.92 Å². The van der Waals surface area contributed by atoms with E-state index in [4.69, 9.17) is 4.74 Å². The highest BCUT2D eigenvalue weighted by atomic mass is 19.4. The molecule has 238 valence electrons. The molecule has 3 aromatic rings. The van der Waals surface area contributed by atoms with Gasteiger partial charge in [-0.2, -0.15) is 26.3 Å². The molecule has 0 bridgehead atoms. The lowest BCUT2D eigenvalue weighted by molar-refractivity contribution is -0.145. The van der Waals surface area contributed by atoms with E-state index in [1.54, 1.807) is 6.92 Å². The van der Waals surface area contributed by atoms with Gasteiger partial charge in [0, 0.05) is 13.1 Å². The van der Waals surface area contributed by atoms with Gasteiger partial charge < -0.3 is 4.74 Å². The summed E-state index contributed by atoms with van der Waals surface area (Å²) in [5.41, 5.74) is 1.19. The van der Waals surface area contributed by atoms with Crippen LogP contribution >= 0.6 is 0 Å². The lowest BCUT2D eigenvalue weighted by Gasteiger charge is -2.34. The molecule has 1 saturated heterocycles. The molecular weight excluding hydrogens is 587 g/mol. The Hall–Kier alpha value is -3.40. The standard InChI is InChI=1S/C34H36F7NO2/c1-4-44-32(43)31(12-21(2)3)27-16-25(23-7-9-28(10-8-23)33(36,37)38)15-26(17-27)24-6-5-11-42(20-24)19-22-13-29(34(39,40)41)18-30(35)14-22/h7-10,13-18,21,24,31H,4-6,11-12,19-20H2,1-3H3. The quantitative estimate of drug-likeness (QED) is 0.176. The Morgan fingerprint density at radius 3 is 2.20 bits per heavy atom. The number of hydrogen-bond acceptors (Lipinski definition) is 3. The number of nitrogens with zero attached hydrogens (tertiary/aromatic N) is 1. The van der Waals surface area contributed by atoms with Crippen molar-refractivity contribution in [3.05, 3.63) is 94.3 Å². The third-order valence-electron chi connectivity index (χ3n) is 7.87. The van der Waals surface area contributed by atoms with Gasteiger partial charge in [-0.25, -0.2) is 4.39 Å². The van der Waals surface area contributed by atoms with Crippen LogP contribution in [0.3, 0.4) is 0 Å². The van der Waals surface area contributed by atoms with E-state index in [1.165, 1.54) is 12.1 Å². The minimum atomic E-state index is -4.66. The molecule has 2 unspecified atom stereocenters. The van der Waals surface area contributed by atoms with Crippen molar-refractivity contribution in [2.45, 2.75) is 70.8 Å². The van der Waals surface area contributed by atoms with Gasteiger partial charge in [-0.05, 0) is 103 Å². The summed E-state index contributed by atoms with van der Waals surface area (Å²) in [5.74, 6) is -1.84. The van der Waals surface area contributed by atoms with Gasteiger partial charge in [0.05, 0.1) is 23.7 Å². The van der Waals surface area contributed by atoms with E-state index in [9.17, 15) is 35.5 Å². The van der Waals surface area contributed by atoms with Gasteiger partial charge in [0.25, 0.3) is 0 Å². The topological polar surface area (TPSA) is 29.5 Å². The fourth-order valence-electron chi connectivity index (χ4n) is 5.85. The van der Waals surface area contributed by atoms with Crippen LogP contribution in [-0.2, 0) is 28.4 Å². The third-order valence-corrected chi connectivity index (χ3v) is 7.87. The van der Waals surface area contributed by atoms with E-state index in [0.717, 1.165) is 42.7 Å². The Balaban J connectivity index is 1.70. The van der Waals surface area contributed by atoms with Crippen LogP contribution in [0, 0.1) is 11.7 Å². The number of piperidine rings is 1. The van der Waals surface area contributed by atoms with Gasteiger partial charge >= 0.3 is 18.3 Å². The molecule has 1 aliphatic heterocycles. The van der Waals surface area contributed by atoms with Gasteiger partial charge in [-0.1, -0.05) is 44.2 Å². The second-order valence-corrected chi connectivity index (χ2v) is 11.8. The highest BCUT2D eigenvalue weighted by Gasteiger charge is 2.33. The molecule has 1 fully saturated rings. The minimum absolute atomic E-state index is 0.0746. The maximum atomic E-state index is 14.1. The molecule has 2 atom stereocenters. The second kappa shape index (κ2) is 13.7. The van der Waals surface area contributed by atoms with Gasteiger partial charge in [0.15, 0.2) is 0 Å². The minimum Gasteiger partial charge on any atom is -0.466 e. The Morgan fingerprint density at radius 1 is 0.909 bits per heavy atom. The van der Waals surface area contributed by atoms with E-state index >= 15 is 0 Å². The van der Waals surface area contributed by atoms with E-state index in [2.05, 4.69) is 0 Å². The molecule has 4 rings (SSSR count). The SMILES string of the molecule is CCOC(=O)C(CC(C)C)c1cc(-c2ccc(C(F)(F)F)cc2)cc(C2CCCN(Cc3cc(F)cc(C(F)(F)F)c3)C2)c1. The summed E-state index contributed by atoms with van der Waals surface area (Å²) in [6.45, 7) is 7.11. The molecule has 3 aromatic carbocycles. The lowest BCUT2D eigenvalue weighted by Crippen LogP contribution is -2.34. The maximum absolute atomic E-state index is 14.1. The molecule has 1 heterocycles. The summed E-state index contributed by atoms with van der Waals surface area (Å²) in [5, 5.41) is 0. The zero-order chi connectivity index (χ0) is 32.2. The number of likely N-dealkylation sites (tertiary alicyclic amines) is 1. The smallest absolute Gasteiger partial charge is 0.416 e. The molecule has 0 N–H and O–H groups in total. The van der Waals surface area contributed by atoms with Crippen molar-refractivity contribution in [1.82, 2.24) is 4.90 Å². The molecule has 0 radical (unpaired) electrons. The largest absolute Gasteiger partial charge is 0.466 e. The number of carbonyl (C=O) groups is 1. The van der Waals surface area contributed by atoms with E-state index in [0.29, 0.717) is 42.3 Å². The van der Waals surface area contributed by atoms with Crippen molar-refractivity contribution in [3.63, 3.8) is 0 Å². The predicted molar refractivity (Wildman–Crippen MR) is 154 cm³/mol. The number of halogens is 7. The highest BCUT2D eigenvalue weighted by Crippen LogP contribution is 2.38. The van der Waals surface area contributed by atoms with Crippen LogP contribution in [0.25, 0.3) is 11.1 Å². The van der Waals surface area contributed by atoms with Gasteiger partial charge in [-0.15, -0.1) is 0 Å². The van der Waals surface area contributed by atoms with Gasteiger partial charge in [0.2, 0.25) is 0 Å². The average Bonchev–Trinajstić information content (AvgIpc) is 2.94. The van der Waals surface area contributed by atoms with Crippen molar-refractivity contribution in [2.75, 3.05) is 19.7 Å². The lowest BCUT2D eigenvalue weighted by atomic mass is 9.83. The molecule has 0 spiro atoms. The summed E-state index contributed by atoms with van der Waals surface area (Å²) >= 11 is 0. The first-order valence-electron chi connectivity index (χ1n) is 14.7. The Bertz CT molecular complexity index is 1430. The van der Waals surface area contributed by atoms with E-state index in [1.807, 2.05) is 36.9 Å². The molecule has 0 amide bonds. The highest BCUT2D eigenvalue weighted by molar-refractivity contribution is 5.79. The first-order chi connectivity index (χ1) is 20.6. The van der Waals surface area contributed by atoms with Crippen LogP contribution in [0.2, 0.25) is 0 Å². The monoisotopic (exact) mass is 623 g/mol. The fourth-order valence-corrected chi connectivity index (χ4v) is 5.85. The number of carbonyl (C=O) groups excluding carboxylic acids is 1. The van der Waals surface area contributed by atoms with Crippen molar-refractivity contribution in [3.8, 4) is 11.1 Å². The Morgan fingerprint density at radius 2 is 1.59 bits per heavy atom. The molecule has 0 aliphatic carbocycles. The first kappa shape index (κ1) is 33.5. The number of alkyl halides is 6. The summed E-state index contributed by atoms with van der Waals surface area (Å²) in [6, 6.07) is 13.1. The Kier molecular flexibility index (Phi) is 10.4. The number of esters is 1. The predicted octanol–water partition coefficient (Wildman–Crippen LogP) is 9.60. The normalized spacial score (nSPS) is 17.1. The summed E-state index contributed by atoms with van der Waals surface area (Å²) in [6.07, 6.45) is -7.14. The Labute approximate surface area is 253 Å². The van der Waals surface area contributed by atoms with E-state index in [-0.39, 0.29) is 36.5 Å². The molecule has 44 heavy (non-hydrogen) atoms. The average molecular weight is 624 g/mol. The number of ether oxygens (including phenoxy) is 1. The maximum Gasteiger partial charge on any atom is 0.416 e. The van der Waals surface area contributed by atoms with Crippen LogP contribution in [0.1, 0.15) is 79.7 Å². The first-order valence-corrected chi connectivity index (χ1v) is 14.7. The summed E-state index contributed by atoms with van der Waals surface area (Å²) in [4.78, 5) is 15.1. The van der Waals surface area contributed by atoms with Crippen molar-refractivity contribution in [1.29, 1.82) is 0 Å². The zero-order valence-electron chi connectivity index (χ0n) is 24.9. The number of rotatable bonds is 9. The molecule has 3 nitrogen and oxygen atoms in total. The van der Waals surface area contributed by atoms with Gasteiger partial charge in [-0.3, -0.25) is 9.69 Å². The fraction of sp³-hybridized carbons (Fsp3) is 0.441. The van der Waals surface area contributed by atoms with Crippen LogP contribution in [0.5, 0.6) is 0 Å². The molecule has 0 aromatic heterocycles. The summed E-state index contributed by atoms with van der Waals surface area (Å²) in [7, 11) is 0. The van der Waals surface area contributed by atoms with E-state index < -0.39 is 35.2 Å². The second-order valence-electron chi connectivity index (χ2n) is 11.8. The molecular formula is C34H36F7NO2. The van der Waals surface area contributed by atoms with Crippen molar-refractivity contribution < 1.29 is 40.3 Å². The zero-order valence-corrected chi connectivity index (χ0v) is 24.9.